The van der Waals surface area contributed by atoms with Crippen LogP contribution in [0.5, 0.6) is 0 Å². The molecule has 2 heterocycles. The first-order valence-corrected chi connectivity index (χ1v) is 9.06. The molecule has 0 aliphatic carbocycles. The Morgan fingerprint density at radius 1 is 1.35 bits per heavy atom. The van der Waals surface area contributed by atoms with Gasteiger partial charge in [0.25, 0.3) is 0 Å². The van der Waals surface area contributed by atoms with Crippen LogP contribution < -0.4 is 5.19 Å². The second-order valence-corrected chi connectivity index (χ2v) is 9.15. The molecule has 0 N–H and O–H groups in total. The molecular weight excluding hydrogens is 230 g/mol. The Labute approximate surface area is 104 Å². The molecule has 17 heavy (non-hydrogen) atoms. The van der Waals surface area contributed by atoms with Crippen LogP contribution in [0.1, 0.15) is 30.7 Å². The quantitative estimate of drug-likeness (QED) is 0.772. The van der Waals surface area contributed by atoms with Crippen LogP contribution in [0.4, 0.5) is 0 Å². The molecule has 0 aromatic carbocycles. The zero-order chi connectivity index (χ0) is 12.6. The summed E-state index contributed by atoms with van der Waals surface area (Å²) >= 11 is 0. The summed E-state index contributed by atoms with van der Waals surface area (Å²) in [5.74, 6) is 0. The lowest BCUT2D eigenvalue weighted by Gasteiger charge is -2.28. The second kappa shape index (κ2) is 4.52. The topological polar surface area (TPSA) is 31.4 Å². The van der Waals surface area contributed by atoms with Crippen LogP contribution in [-0.2, 0) is 22.4 Å². The molecule has 2 rings (SSSR count). The molecule has 94 valence electrons. The average Bonchev–Trinajstić information content (AvgIpc) is 2.61. The Morgan fingerprint density at radius 3 is 2.71 bits per heavy atom. The normalized spacial score (nSPS) is 15.4. The van der Waals surface area contributed by atoms with Gasteiger partial charge in [0.05, 0.1) is 13.2 Å². The highest BCUT2D eigenvalue weighted by atomic mass is 28.4. The summed E-state index contributed by atoms with van der Waals surface area (Å²) in [6, 6.07) is 0. The minimum absolute atomic E-state index is 0.259. The Bertz CT molecular complexity index is 430. The first kappa shape index (κ1) is 12.7. The molecule has 0 bridgehead atoms. The van der Waals surface area contributed by atoms with E-state index in [-0.39, 0.29) is 6.10 Å². The van der Waals surface area contributed by atoms with Gasteiger partial charge in [-0.05, 0) is 44.6 Å². The third-order valence-corrected chi connectivity index (χ3v) is 6.03. The van der Waals surface area contributed by atoms with E-state index in [1.165, 1.54) is 16.3 Å². The zero-order valence-electron chi connectivity index (χ0n) is 11.3. The molecule has 3 nitrogen and oxygen atoms in total. The molecule has 1 aromatic rings. The van der Waals surface area contributed by atoms with Gasteiger partial charge in [0, 0.05) is 23.6 Å². The molecule has 0 fully saturated rings. The van der Waals surface area contributed by atoms with E-state index in [0.29, 0.717) is 13.2 Å². The predicted octanol–water partition coefficient (Wildman–Crippen LogP) is 2.26. The molecule has 0 saturated heterocycles. The lowest BCUT2D eigenvalue weighted by Crippen LogP contribution is -2.50. The summed E-state index contributed by atoms with van der Waals surface area (Å²) in [4.78, 5) is 4.50. The summed E-state index contributed by atoms with van der Waals surface area (Å²) in [5.41, 5.74) is 3.67. The zero-order valence-corrected chi connectivity index (χ0v) is 12.3. The Hall–Kier alpha value is -0.713. The van der Waals surface area contributed by atoms with Crippen molar-refractivity contribution in [2.75, 3.05) is 0 Å². The average molecular weight is 251 g/mol. The molecule has 0 atom stereocenters. The highest BCUT2D eigenvalue weighted by Crippen LogP contribution is 2.22. The maximum atomic E-state index is 6.17. The second-order valence-electron chi connectivity index (χ2n) is 5.39. The number of ether oxygens (including phenoxy) is 1. The lowest BCUT2D eigenvalue weighted by atomic mass is 10.1. The highest BCUT2D eigenvalue weighted by molar-refractivity contribution is 6.85. The van der Waals surface area contributed by atoms with Gasteiger partial charge in [-0.1, -0.05) is 0 Å². The summed E-state index contributed by atoms with van der Waals surface area (Å²) in [5, 5.41) is 1.33. The van der Waals surface area contributed by atoms with Gasteiger partial charge >= 0.3 is 0 Å². The fourth-order valence-corrected chi connectivity index (χ4v) is 5.89. The van der Waals surface area contributed by atoms with Crippen LogP contribution in [0.2, 0.25) is 13.1 Å². The number of rotatable bonds is 3. The summed E-state index contributed by atoms with van der Waals surface area (Å²) < 4.78 is 11.7. The Morgan fingerprint density at radius 2 is 2.06 bits per heavy atom. The van der Waals surface area contributed by atoms with Gasteiger partial charge in [-0.3, -0.25) is 4.98 Å². The van der Waals surface area contributed by atoms with E-state index in [1.54, 1.807) is 0 Å². The number of pyridine rings is 1. The maximum Gasteiger partial charge on any atom is 0.220 e. The van der Waals surface area contributed by atoms with E-state index in [2.05, 4.69) is 38.8 Å². The van der Waals surface area contributed by atoms with Crippen molar-refractivity contribution in [3.63, 3.8) is 0 Å². The fraction of sp³-hybridized carbons (Fsp3) is 0.615. The van der Waals surface area contributed by atoms with Crippen molar-refractivity contribution in [3.05, 3.63) is 23.0 Å². The number of nitrogens with zero attached hydrogens (tertiary/aromatic N) is 1. The molecule has 0 saturated carbocycles. The Balaban J connectivity index is 2.47. The molecule has 0 unspecified atom stereocenters. The SMILES string of the molecule is Cc1ncc2c(c1[Si](C)(C)OC(C)C)COC2. The van der Waals surface area contributed by atoms with Gasteiger partial charge < -0.3 is 9.16 Å². The monoisotopic (exact) mass is 251 g/mol. The van der Waals surface area contributed by atoms with Crippen LogP contribution in [0.3, 0.4) is 0 Å². The van der Waals surface area contributed by atoms with Gasteiger partial charge in [0.15, 0.2) is 0 Å². The van der Waals surface area contributed by atoms with Crippen LogP contribution in [0.25, 0.3) is 0 Å². The number of aromatic nitrogens is 1. The Kier molecular flexibility index (Phi) is 3.38. The first-order chi connectivity index (χ1) is 7.92. The molecule has 4 heteroatoms. The van der Waals surface area contributed by atoms with E-state index < -0.39 is 8.32 Å². The number of aryl methyl sites for hydroxylation is 1. The lowest BCUT2D eigenvalue weighted by molar-refractivity contribution is 0.134. The standard InChI is InChI=1S/C13H21NO2Si/c1-9(2)16-17(4,5)13-10(3)14-6-11-7-15-8-12(11)13/h6,9H,7-8H2,1-5H3. The van der Waals surface area contributed by atoms with Crippen molar-refractivity contribution in [2.24, 2.45) is 0 Å². The van der Waals surface area contributed by atoms with Gasteiger partial charge in [-0.25, -0.2) is 0 Å². The van der Waals surface area contributed by atoms with Crippen LogP contribution in [-0.4, -0.2) is 19.4 Å². The molecule has 0 amide bonds. The summed E-state index contributed by atoms with van der Waals surface area (Å²) in [7, 11) is -1.89. The minimum atomic E-state index is -1.89. The van der Waals surface area contributed by atoms with Crippen molar-refractivity contribution < 1.29 is 9.16 Å². The molecule has 0 radical (unpaired) electrons. The third-order valence-electron chi connectivity index (χ3n) is 3.10. The van der Waals surface area contributed by atoms with Crippen LogP contribution in [0.15, 0.2) is 6.20 Å². The summed E-state index contributed by atoms with van der Waals surface area (Å²) in [6.45, 7) is 12.2. The van der Waals surface area contributed by atoms with Crippen molar-refractivity contribution in [2.45, 2.75) is 53.2 Å². The molecule has 1 aliphatic heterocycles. The van der Waals surface area contributed by atoms with Crippen LogP contribution in [0, 0.1) is 6.92 Å². The van der Waals surface area contributed by atoms with Crippen molar-refractivity contribution >= 4 is 13.5 Å². The van der Waals surface area contributed by atoms with E-state index >= 15 is 0 Å². The maximum absolute atomic E-state index is 6.17. The van der Waals surface area contributed by atoms with E-state index in [1.807, 2.05) is 6.20 Å². The van der Waals surface area contributed by atoms with Crippen molar-refractivity contribution in [1.82, 2.24) is 4.98 Å². The van der Waals surface area contributed by atoms with Gasteiger partial charge in [-0.2, -0.15) is 0 Å². The molecule has 1 aromatic heterocycles. The number of fused-ring (bicyclic) bond motifs is 1. The fourth-order valence-electron chi connectivity index (χ4n) is 2.70. The largest absolute Gasteiger partial charge is 0.411 e. The van der Waals surface area contributed by atoms with E-state index in [0.717, 1.165) is 5.69 Å². The van der Waals surface area contributed by atoms with Crippen molar-refractivity contribution in [3.8, 4) is 0 Å². The van der Waals surface area contributed by atoms with Crippen molar-refractivity contribution in [1.29, 1.82) is 0 Å². The predicted molar refractivity (Wildman–Crippen MR) is 70.8 cm³/mol. The molecule has 1 aliphatic rings. The third kappa shape index (κ3) is 2.44. The van der Waals surface area contributed by atoms with Gasteiger partial charge in [0.2, 0.25) is 8.32 Å². The smallest absolute Gasteiger partial charge is 0.220 e. The highest BCUT2D eigenvalue weighted by Gasteiger charge is 2.34. The molecular formula is C13H21NO2Si. The molecule has 0 spiro atoms. The minimum Gasteiger partial charge on any atom is -0.411 e. The first-order valence-electron chi connectivity index (χ1n) is 6.15. The number of hydrogen-bond acceptors (Lipinski definition) is 3. The van der Waals surface area contributed by atoms with Gasteiger partial charge in [0.1, 0.15) is 0 Å². The van der Waals surface area contributed by atoms with E-state index in [4.69, 9.17) is 9.16 Å². The van der Waals surface area contributed by atoms with Gasteiger partial charge in [-0.15, -0.1) is 0 Å². The summed E-state index contributed by atoms with van der Waals surface area (Å²) in [6.07, 6.45) is 2.20. The van der Waals surface area contributed by atoms with E-state index in [9.17, 15) is 0 Å². The number of hydrogen-bond donors (Lipinski definition) is 0. The van der Waals surface area contributed by atoms with Crippen LogP contribution >= 0.6 is 0 Å².